The maximum atomic E-state index is 12.2. The molecule has 0 aliphatic carbocycles. The SMILES string of the molecule is COc1cccc(C(=O)NN=Cc2cn[nH]c2-c2ccc(OC)c(OC)c2)c1. The van der Waals surface area contributed by atoms with E-state index in [0.717, 1.165) is 11.3 Å². The third-order valence-corrected chi connectivity index (χ3v) is 4.04. The predicted octanol–water partition coefficient (Wildman–Crippen LogP) is 2.87. The van der Waals surface area contributed by atoms with Crippen molar-refractivity contribution in [3.05, 3.63) is 59.8 Å². The van der Waals surface area contributed by atoms with Gasteiger partial charge in [0.15, 0.2) is 11.5 Å². The summed E-state index contributed by atoms with van der Waals surface area (Å²) < 4.78 is 15.7. The Morgan fingerprint density at radius 2 is 1.89 bits per heavy atom. The summed E-state index contributed by atoms with van der Waals surface area (Å²) in [6, 6.07) is 12.3. The lowest BCUT2D eigenvalue weighted by atomic mass is 10.1. The summed E-state index contributed by atoms with van der Waals surface area (Å²) in [6.45, 7) is 0. The third-order valence-electron chi connectivity index (χ3n) is 4.04. The van der Waals surface area contributed by atoms with E-state index < -0.39 is 0 Å². The Morgan fingerprint density at radius 1 is 1.07 bits per heavy atom. The van der Waals surface area contributed by atoms with Crippen molar-refractivity contribution in [2.45, 2.75) is 0 Å². The first-order valence-electron chi connectivity index (χ1n) is 8.39. The largest absolute Gasteiger partial charge is 0.497 e. The minimum absolute atomic E-state index is 0.341. The van der Waals surface area contributed by atoms with Gasteiger partial charge in [0.25, 0.3) is 5.91 Å². The summed E-state index contributed by atoms with van der Waals surface area (Å²) in [5, 5.41) is 11.0. The van der Waals surface area contributed by atoms with Crippen molar-refractivity contribution in [1.29, 1.82) is 0 Å². The number of hydrogen-bond donors (Lipinski definition) is 2. The molecule has 3 rings (SSSR count). The number of aromatic nitrogens is 2. The normalized spacial score (nSPS) is 10.7. The van der Waals surface area contributed by atoms with Crippen molar-refractivity contribution < 1.29 is 19.0 Å². The number of ether oxygens (including phenoxy) is 3. The van der Waals surface area contributed by atoms with Crippen LogP contribution in [-0.4, -0.2) is 43.6 Å². The molecule has 144 valence electrons. The van der Waals surface area contributed by atoms with Crippen molar-refractivity contribution in [2.24, 2.45) is 5.10 Å². The number of nitrogens with one attached hydrogen (secondary N) is 2. The molecule has 8 heteroatoms. The molecule has 0 saturated carbocycles. The first kappa shape index (κ1) is 19.0. The highest BCUT2D eigenvalue weighted by molar-refractivity contribution is 5.96. The number of H-pyrrole nitrogens is 1. The summed E-state index contributed by atoms with van der Waals surface area (Å²) >= 11 is 0. The second kappa shape index (κ2) is 8.72. The van der Waals surface area contributed by atoms with Gasteiger partial charge in [-0.2, -0.15) is 10.2 Å². The number of benzene rings is 2. The predicted molar refractivity (Wildman–Crippen MR) is 105 cm³/mol. The van der Waals surface area contributed by atoms with E-state index in [1.807, 2.05) is 12.1 Å². The smallest absolute Gasteiger partial charge is 0.271 e. The molecule has 0 aliphatic heterocycles. The number of carbonyl (C=O) groups excluding carboxylic acids is 1. The molecule has 3 aromatic rings. The van der Waals surface area contributed by atoms with Gasteiger partial charge in [-0.25, -0.2) is 5.43 Å². The molecule has 1 heterocycles. The van der Waals surface area contributed by atoms with Crippen molar-refractivity contribution >= 4 is 12.1 Å². The molecule has 0 saturated heterocycles. The Hall–Kier alpha value is -3.81. The first-order valence-corrected chi connectivity index (χ1v) is 8.39. The number of hydrogen-bond acceptors (Lipinski definition) is 6. The Morgan fingerprint density at radius 3 is 2.64 bits per heavy atom. The van der Waals surface area contributed by atoms with Gasteiger partial charge in [0, 0.05) is 16.7 Å². The standard InChI is InChI=1S/C20H20N4O4/c1-26-16-6-4-5-14(9-16)20(25)24-22-12-15-11-21-23-19(15)13-7-8-17(27-2)18(10-13)28-3/h4-12H,1-3H3,(H,21,23)(H,24,25). The van der Waals surface area contributed by atoms with Crippen molar-refractivity contribution in [1.82, 2.24) is 15.6 Å². The Labute approximate surface area is 162 Å². The Bertz CT molecular complexity index is 997. The van der Waals surface area contributed by atoms with Gasteiger partial charge in [0.1, 0.15) is 5.75 Å². The average molecular weight is 380 g/mol. The molecule has 0 bridgehead atoms. The van der Waals surface area contributed by atoms with Gasteiger partial charge >= 0.3 is 0 Å². The highest BCUT2D eigenvalue weighted by Crippen LogP contribution is 2.32. The van der Waals surface area contributed by atoms with Crippen LogP contribution < -0.4 is 19.6 Å². The van der Waals surface area contributed by atoms with E-state index >= 15 is 0 Å². The number of hydrazone groups is 1. The quantitative estimate of drug-likeness (QED) is 0.485. The zero-order valence-electron chi connectivity index (χ0n) is 15.7. The van der Waals surface area contributed by atoms with Crippen LogP contribution in [0.15, 0.2) is 53.8 Å². The molecule has 0 radical (unpaired) electrons. The van der Waals surface area contributed by atoms with E-state index in [1.165, 1.54) is 6.21 Å². The van der Waals surface area contributed by atoms with E-state index in [2.05, 4.69) is 20.7 Å². The second-order valence-electron chi connectivity index (χ2n) is 5.70. The van der Waals surface area contributed by atoms with Gasteiger partial charge in [0.2, 0.25) is 0 Å². The van der Waals surface area contributed by atoms with Gasteiger partial charge in [-0.15, -0.1) is 0 Å². The average Bonchev–Trinajstić information content (AvgIpc) is 3.21. The molecular weight excluding hydrogens is 360 g/mol. The van der Waals surface area contributed by atoms with Crippen LogP contribution in [0.2, 0.25) is 0 Å². The maximum absolute atomic E-state index is 12.2. The lowest BCUT2D eigenvalue weighted by Gasteiger charge is -2.09. The topological polar surface area (TPSA) is 97.8 Å². The summed E-state index contributed by atoms with van der Waals surface area (Å²) in [5.74, 6) is 1.49. The van der Waals surface area contributed by atoms with Crippen LogP contribution in [0.5, 0.6) is 17.2 Å². The fourth-order valence-corrected chi connectivity index (χ4v) is 2.61. The fourth-order valence-electron chi connectivity index (χ4n) is 2.61. The van der Waals surface area contributed by atoms with Crippen molar-refractivity contribution in [3.8, 4) is 28.5 Å². The molecular formula is C20H20N4O4. The zero-order valence-corrected chi connectivity index (χ0v) is 15.7. The summed E-state index contributed by atoms with van der Waals surface area (Å²) in [7, 11) is 4.70. The molecule has 1 aromatic heterocycles. The fraction of sp³-hybridized carbons (Fsp3) is 0.150. The van der Waals surface area contributed by atoms with E-state index in [9.17, 15) is 4.79 Å². The maximum Gasteiger partial charge on any atom is 0.271 e. The highest BCUT2D eigenvalue weighted by atomic mass is 16.5. The molecule has 1 amide bonds. The number of carbonyl (C=O) groups is 1. The monoisotopic (exact) mass is 380 g/mol. The van der Waals surface area contributed by atoms with Crippen molar-refractivity contribution in [3.63, 3.8) is 0 Å². The van der Waals surface area contributed by atoms with Crippen LogP contribution in [0.4, 0.5) is 0 Å². The van der Waals surface area contributed by atoms with Gasteiger partial charge in [-0.05, 0) is 36.4 Å². The number of aromatic amines is 1. The number of nitrogens with zero attached hydrogens (tertiary/aromatic N) is 2. The molecule has 28 heavy (non-hydrogen) atoms. The molecule has 2 aromatic carbocycles. The Kier molecular flexibility index (Phi) is 5.91. The number of rotatable bonds is 7. The minimum Gasteiger partial charge on any atom is -0.497 e. The minimum atomic E-state index is -0.341. The highest BCUT2D eigenvalue weighted by Gasteiger charge is 2.11. The van der Waals surface area contributed by atoms with Crippen LogP contribution in [0.3, 0.4) is 0 Å². The Balaban J connectivity index is 1.76. The van der Waals surface area contributed by atoms with Gasteiger partial charge < -0.3 is 14.2 Å². The molecule has 2 N–H and O–H groups in total. The van der Waals surface area contributed by atoms with Crippen LogP contribution in [0.1, 0.15) is 15.9 Å². The first-order chi connectivity index (χ1) is 13.7. The second-order valence-corrected chi connectivity index (χ2v) is 5.70. The summed E-state index contributed by atoms with van der Waals surface area (Å²) in [5.41, 5.74) is 5.23. The van der Waals surface area contributed by atoms with Gasteiger partial charge in [0.05, 0.1) is 39.4 Å². The molecule has 0 aliphatic rings. The van der Waals surface area contributed by atoms with Crippen molar-refractivity contribution in [2.75, 3.05) is 21.3 Å². The van der Waals surface area contributed by atoms with E-state index in [1.54, 1.807) is 57.9 Å². The van der Waals surface area contributed by atoms with Crippen LogP contribution in [0, 0.1) is 0 Å². The molecule has 0 spiro atoms. The molecule has 8 nitrogen and oxygen atoms in total. The van der Waals surface area contributed by atoms with Gasteiger partial charge in [-0.1, -0.05) is 6.07 Å². The lowest BCUT2D eigenvalue weighted by molar-refractivity contribution is 0.0955. The van der Waals surface area contributed by atoms with Crippen LogP contribution in [0.25, 0.3) is 11.3 Å². The summed E-state index contributed by atoms with van der Waals surface area (Å²) in [4.78, 5) is 12.2. The zero-order chi connectivity index (χ0) is 19.9. The molecule has 0 fully saturated rings. The van der Waals surface area contributed by atoms with E-state index in [0.29, 0.717) is 28.4 Å². The number of amides is 1. The van der Waals surface area contributed by atoms with Gasteiger partial charge in [-0.3, -0.25) is 9.89 Å². The van der Waals surface area contributed by atoms with E-state index in [-0.39, 0.29) is 5.91 Å². The summed E-state index contributed by atoms with van der Waals surface area (Å²) in [6.07, 6.45) is 3.14. The van der Waals surface area contributed by atoms with E-state index in [4.69, 9.17) is 14.2 Å². The van der Waals surface area contributed by atoms with Crippen LogP contribution in [-0.2, 0) is 0 Å². The molecule has 0 atom stereocenters. The number of methoxy groups -OCH3 is 3. The molecule has 0 unspecified atom stereocenters. The van der Waals surface area contributed by atoms with Crippen LogP contribution >= 0.6 is 0 Å². The lowest BCUT2D eigenvalue weighted by Crippen LogP contribution is -2.17. The third kappa shape index (κ3) is 4.12.